The van der Waals surface area contributed by atoms with Gasteiger partial charge in [0, 0.05) is 10.4 Å². The van der Waals surface area contributed by atoms with Crippen molar-refractivity contribution in [3.05, 3.63) is 72.8 Å². The summed E-state index contributed by atoms with van der Waals surface area (Å²) >= 11 is 5.31. The minimum absolute atomic E-state index is 0.0727. The number of halogens is 1. The fraction of sp³-hybridized carbons (Fsp3) is 0.379. The predicted molar refractivity (Wildman–Crippen MR) is 150 cm³/mol. The minimum Gasteiger partial charge on any atom is -0.493 e. The van der Waals surface area contributed by atoms with Crippen LogP contribution in [-0.2, 0) is 19.4 Å². The van der Waals surface area contributed by atoms with Crippen molar-refractivity contribution in [3.63, 3.8) is 0 Å². The quantitative estimate of drug-likeness (QED) is 0.272. The van der Waals surface area contributed by atoms with Crippen molar-refractivity contribution < 1.29 is 9.47 Å². The number of hydrogen-bond acceptors (Lipinski definition) is 5. The smallest absolute Gasteiger partial charge is 0.260 e. The number of nitrogens with one attached hydrogen (secondary N) is 1. The Labute approximate surface area is 224 Å². The van der Waals surface area contributed by atoms with Gasteiger partial charge in [0.05, 0.1) is 17.0 Å². The van der Waals surface area contributed by atoms with E-state index in [9.17, 15) is 4.79 Å². The largest absolute Gasteiger partial charge is 0.493 e. The zero-order valence-corrected chi connectivity index (χ0v) is 23.7. The first-order valence-corrected chi connectivity index (χ1v) is 13.9. The molecule has 5 nitrogen and oxygen atoms in total. The first-order chi connectivity index (χ1) is 17.1. The van der Waals surface area contributed by atoms with Crippen LogP contribution >= 0.6 is 27.3 Å². The van der Waals surface area contributed by atoms with Gasteiger partial charge in [-0.15, -0.1) is 11.3 Å². The van der Waals surface area contributed by atoms with E-state index in [0.717, 1.165) is 45.1 Å². The molecule has 188 valence electrons. The van der Waals surface area contributed by atoms with Crippen LogP contribution in [0.3, 0.4) is 0 Å². The fourth-order valence-corrected chi connectivity index (χ4v) is 6.75. The van der Waals surface area contributed by atoms with Gasteiger partial charge in [-0.3, -0.25) is 4.79 Å². The summed E-state index contributed by atoms with van der Waals surface area (Å²) in [6.07, 6.45) is 3.06. The molecule has 0 saturated heterocycles. The van der Waals surface area contributed by atoms with Crippen molar-refractivity contribution in [2.75, 3.05) is 7.11 Å². The number of rotatable bonds is 5. The van der Waals surface area contributed by atoms with Gasteiger partial charge in [-0.1, -0.05) is 50.6 Å². The Balaban J connectivity index is 1.48. The number of ether oxygens (including phenoxy) is 2. The fourth-order valence-electron chi connectivity index (χ4n) is 4.90. The third-order valence-corrected chi connectivity index (χ3v) is 8.89. The van der Waals surface area contributed by atoms with Crippen LogP contribution in [0.15, 0.2) is 45.7 Å². The van der Waals surface area contributed by atoms with Crippen LogP contribution in [0.1, 0.15) is 48.8 Å². The molecule has 1 aliphatic rings. The van der Waals surface area contributed by atoms with Crippen LogP contribution in [0.25, 0.3) is 21.6 Å². The highest BCUT2D eigenvalue weighted by atomic mass is 79.9. The maximum atomic E-state index is 13.2. The molecular weight excluding hydrogens is 536 g/mol. The Morgan fingerprint density at radius 1 is 1.19 bits per heavy atom. The summed E-state index contributed by atoms with van der Waals surface area (Å²) in [5.41, 5.74) is 4.42. The van der Waals surface area contributed by atoms with E-state index >= 15 is 0 Å². The van der Waals surface area contributed by atoms with E-state index in [-0.39, 0.29) is 11.0 Å². The number of methoxy groups -OCH3 is 1. The summed E-state index contributed by atoms with van der Waals surface area (Å²) in [5, 5.41) is 0.759. The van der Waals surface area contributed by atoms with Crippen molar-refractivity contribution in [2.45, 2.75) is 53.6 Å². The second-order valence-electron chi connectivity index (χ2n) is 10.7. The maximum Gasteiger partial charge on any atom is 0.260 e. The molecule has 1 atom stereocenters. The number of benzene rings is 2. The Morgan fingerprint density at radius 3 is 2.64 bits per heavy atom. The molecule has 2 aromatic carbocycles. The number of hydrogen-bond donors (Lipinski definition) is 1. The van der Waals surface area contributed by atoms with Crippen molar-refractivity contribution in [1.29, 1.82) is 0 Å². The number of aromatic amines is 1. The van der Waals surface area contributed by atoms with Crippen molar-refractivity contribution >= 4 is 37.5 Å². The number of aryl methyl sites for hydroxylation is 2. The minimum atomic E-state index is -0.0727. The second kappa shape index (κ2) is 9.67. The van der Waals surface area contributed by atoms with Crippen LogP contribution in [0.4, 0.5) is 0 Å². The van der Waals surface area contributed by atoms with Gasteiger partial charge in [-0.05, 0) is 76.7 Å². The summed E-state index contributed by atoms with van der Waals surface area (Å²) in [6, 6.07) is 12.0. The summed E-state index contributed by atoms with van der Waals surface area (Å²) in [5.74, 6) is 2.34. The standard InChI is InChI=1S/C29H31BrN2O3S/c1-16-6-8-17(9-7-16)15-35-25-21(30)12-18(13-22(25)34-5)26-31-27(33)24-20-11-10-19(29(2,3)4)14-23(20)36-28(24)32-26/h6-9,12-13,19H,10-11,14-15H2,1-5H3,(H,31,32,33). The third kappa shape index (κ3) is 4.83. The highest BCUT2D eigenvalue weighted by Crippen LogP contribution is 2.43. The normalized spacial score (nSPS) is 15.7. The third-order valence-electron chi connectivity index (χ3n) is 7.15. The molecule has 0 amide bonds. The summed E-state index contributed by atoms with van der Waals surface area (Å²) in [6.45, 7) is 9.40. The molecule has 4 aromatic rings. The lowest BCUT2D eigenvalue weighted by Crippen LogP contribution is -2.26. The molecule has 36 heavy (non-hydrogen) atoms. The van der Waals surface area contributed by atoms with Gasteiger partial charge >= 0.3 is 0 Å². The zero-order chi connectivity index (χ0) is 25.6. The lowest BCUT2D eigenvalue weighted by molar-refractivity contribution is 0.218. The van der Waals surface area contributed by atoms with Crippen LogP contribution in [-0.4, -0.2) is 17.1 Å². The van der Waals surface area contributed by atoms with Gasteiger partial charge in [0.15, 0.2) is 11.5 Å². The molecule has 0 aliphatic heterocycles. The molecule has 0 spiro atoms. The van der Waals surface area contributed by atoms with E-state index in [1.54, 1.807) is 18.4 Å². The summed E-state index contributed by atoms with van der Waals surface area (Å²) < 4.78 is 12.5. The number of aromatic nitrogens is 2. The average molecular weight is 568 g/mol. The SMILES string of the molecule is COc1cc(-c2nc3sc4c(c3c(=O)[nH]2)CCC(C(C)(C)C)C4)cc(Br)c1OCc1ccc(C)cc1. The molecule has 7 heteroatoms. The van der Waals surface area contributed by atoms with Crippen LogP contribution in [0.5, 0.6) is 11.5 Å². The number of thiophene rings is 1. The highest BCUT2D eigenvalue weighted by molar-refractivity contribution is 9.10. The first-order valence-electron chi connectivity index (χ1n) is 12.2. The van der Waals surface area contributed by atoms with Gasteiger partial charge in [-0.2, -0.15) is 0 Å². The molecule has 2 heterocycles. The number of nitrogens with zero attached hydrogens (tertiary/aromatic N) is 1. The van der Waals surface area contributed by atoms with E-state index in [0.29, 0.717) is 29.8 Å². The highest BCUT2D eigenvalue weighted by Gasteiger charge is 2.31. The van der Waals surface area contributed by atoms with Gasteiger partial charge in [0.1, 0.15) is 17.3 Å². The zero-order valence-electron chi connectivity index (χ0n) is 21.3. The molecule has 0 fully saturated rings. The molecule has 2 aromatic heterocycles. The topological polar surface area (TPSA) is 64.2 Å². The van der Waals surface area contributed by atoms with E-state index in [1.807, 2.05) is 12.1 Å². The lowest BCUT2D eigenvalue weighted by atomic mass is 9.72. The predicted octanol–water partition coefficient (Wildman–Crippen LogP) is 7.46. The summed E-state index contributed by atoms with van der Waals surface area (Å²) in [4.78, 5) is 23.3. The second-order valence-corrected chi connectivity index (χ2v) is 12.6. The molecular formula is C29H31BrN2O3S. The monoisotopic (exact) mass is 566 g/mol. The lowest BCUT2D eigenvalue weighted by Gasteiger charge is -2.33. The first kappa shape index (κ1) is 25.0. The van der Waals surface area contributed by atoms with Crippen molar-refractivity contribution in [3.8, 4) is 22.9 Å². The van der Waals surface area contributed by atoms with Crippen LogP contribution in [0.2, 0.25) is 0 Å². The van der Waals surface area contributed by atoms with Crippen molar-refractivity contribution in [2.24, 2.45) is 11.3 Å². The Bertz CT molecular complexity index is 1480. The van der Waals surface area contributed by atoms with E-state index in [4.69, 9.17) is 14.5 Å². The molecule has 1 aliphatic carbocycles. The van der Waals surface area contributed by atoms with Gasteiger partial charge < -0.3 is 14.5 Å². The average Bonchev–Trinajstić information content (AvgIpc) is 3.21. The number of fused-ring (bicyclic) bond motifs is 3. The van der Waals surface area contributed by atoms with Crippen LogP contribution in [0, 0.1) is 18.3 Å². The van der Waals surface area contributed by atoms with E-state index < -0.39 is 0 Å². The Kier molecular flexibility index (Phi) is 6.72. The molecule has 0 bridgehead atoms. The van der Waals surface area contributed by atoms with Gasteiger partial charge in [0.2, 0.25) is 0 Å². The Hall–Kier alpha value is -2.64. The molecule has 1 N–H and O–H groups in total. The molecule has 0 saturated carbocycles. The van der Waals surface area contributed by atoms with Crippen molar-refractivity contribution in [1.82, 2.24) is 9.97 Å². The van der Waals surface area contributed by atoms with Gasteiger partial charge in [-0.25, -0.2) is 4.98 Å². The van der Waals surface area contributed by atoms with E-state index in [2.05, 4.69) is 72.9 Å². The Morgan fingerprint density at radius 2 is 1.94 bits per heavy atom. The molecule has 5 rings (SSSR count). The molecule has 1 unspecified atom stereocenters. The van der Waals surface area contributed by atoms with E-state index in [1.165, 1.54) is 16.0 Å². The molecule has 0 radical (unpaired) electrons. The van der Waals surface area contributed by atoms with Crippen LogP contribution < -0.4 is 15.0 Å². The summed E-state index contributed by atoms with van der Waals surface area (Å²) in [7, 11) is 1.61. The van der Waals surface area contributed by atoms with Gasteiger partial charge in [0.25, 0.3) is 5.56 Å². The maximum absolute atomic E-state index is 13.2. The number of H-pyrrole nitrogens is 1.